The molecule has 0 aromatic carbocycles. The number of hydrogen-bond acceptors (Lipinski definition) is 4. The molecular formula is C16H21F3N4O. The lowest BCUT2D eigenvalue weighted by Crippen LogP contribution is -2.32. The van der Waals surface area contributed by atoms with Gasteiger partial charge in [-0.05, 0) is 51.9 Å². The lowest BCUT2D eigenvalue weighted by atomic mass is 10.1. The molecule has 2 aromatic rings. The van der Waals surface area contributed by atoms with E-state index in [0.29, 0.717) is 5.76 Å². The van der Waals surface area contributed by atoms with Crippen LogP contribution in [0.25, 0.3) is 11.6 Å². The summed E-state index contributed by atoms with van der Waals surface area (Å²) in [5.74, 6) is 1.46. The van der Waals surface area contributed by atoms with E-state index < -0.39 is 12.7 Å². The van der Waals surface area contributed by atoms with Gasteiger partial charge in [0.15, 0.2) is 11.6 Å². The molecule has 0 saturated carbocycles. The van der Waals surface area contributed by atoms with Crippen molar-refractivity contribution >= 4 is 0 Å². The molecule has 0 radical (unpaired) electrons. The number of nitrogens with zero attached hydrogens (tertiary/aromatic N) is 4. The summed E-state index contributed by atoms with van der Waals surface area (Å²) in [4.78, 5) is 6.43. The van der Waals surface area contributed by atoms with Gasteiger partial charge in [0.05, 0.1) is 6.04 Å². The molecule has 1 aliphatic rings. The monoisotopic (exact) mass is 342 g/mol. The Morgan fingerprint density at radius 3 is 2.58 bits per heavy atom. The standard InChI is InChI=1S/C16H21F3N4O/c1-11(22-8-4-3-5-9-22)13-6-7-14(24-13)15-20-12(2)21-23(15)10-16(17,18)19/h6-7,11H,3-5,8-10H2,1-2H3. The van der Waals surface area contributed by atoms with E-state index in [0.717, 1.165) is 36.4 Å². The quantitative estimate of drug-likeness (QED) is 0.844. The smallest absolute Gasteiger partial charge is 0.408 e. The van der Waals surface area contributed by atoms with Gasteiger partial charge in [-0.2, -0.15) is 18.3 Å². The van der Waals surface area contributed by atoms with Crippen molar-refractivity contribution in [3.8, 4) is 11.6 Å². The number of likely N-dealkylation sites (tertiary alicyclic amines) is 1. The van der Waals surface area contributed by atoms with Gasteiger partial charge in [-0.1, -0.05) is 6.42 Å². The van der Waals surface area contributed by atoms with Crippen LogP contribution in [0.4, 0.5) is 13.2 Å². The SMILES string of the molecule is Cc1nc(-c2ccc(C(C)N3CCCCC3)o2)n(CC(F)(F)F)n1. The lowest BCUT2D eigenvalue weighted by Gasteiger charge is -2.31. The summed E-state index contributed by atoms with van der Waals surface area (Å²) in [5, 5.41) is 3.83. The first-order valence-corrected chi connectivity index (χ1v) is 8.16. The molecule has 1 aliphatic heterocycles. The summed E-state index contributed by atoms with van der Waals surface area (Å²) in [6.45, 7) is 4.47. The molecule has 2 aromatic heterocycles. The highest BCUT2D eigenvalue weighted by molar-refractivity contribution is 5.47. The van der Waals surface area contributed by atoms with E-state index in [9.17, 15) is 13.2 Å². The molecule has 0 N–H and O–H groups in total. The minimum atomic E-state index is -4.36. The van der Waals surface area contributed by atoms with Crippen molar-refractivity contribution in [2.45, 2.75) is 51.9 Å². The van der Waals surface area contributed by atoms with Crippen molar-refractivity contribution in [2.75, 3.05) is 13.1 Å². The number of hydrogen-bond donors (Lipinski definition) is 0. The second kappa shape index (κ2) is 6.58. The van der Waals surface area contributed by atoms with E-state index in [1.54, 1.807) is 13.0 Å². The third-order valence-corrected chi connectivity index (χ3v) is 4.30. The molecule has 3 rings (SSSR count). The summed E-state index contributed by atoms with van der Waals surface area (Å²) in [7, 11) is 0. The molecule has 3 heterocycles. The molecule has 1 fully saturated rings. The Kier molecular flexibility index (Phi) is 4.67. The second-order valence-electron chi connectivity index (χ2n) is 6.23. The number of aryl methyl sites for hydroxylation is 1. The third kappa shape index (κ3) is 3.80. The molecule has 1 saturated heterocycles. The predicted molar refractivity (Wildman–Crippen MR) is 82.4 cm³/mol. The van der Waals surface area contributed by atoms with Crippen molar-refractivity contribution in [1.29, 1.82) is 0 Å². The van der Waals surface area contributed by atoms with Crippen molar-refractivity contribution in [2.24, 2.45) is 0 Å². The van der Waals surface area contributed by atoms with Crippen LogP contribution in [0.15, 0.2) is 16.5 Å². The van der Waals surface area contributed by atoms with Gasteiger partial charge in [-0.15, -0.1) is 0 Å². The molecule has 132 valence electrons. The van der Waals surface area contributed by atoms with Crippen LogP contribution < -0.4 is 0 Å². The van der Waals surface area contributed by atoms with E-state index >= 15 is 0 Å². The van der Waals surface area contributed by atoms with E-state index in [-0.39, 0.29) is 17.7 Å². The average molecular weight is 342 g/mol. The van der Waals surface area contributed by atoms with Crippen LogP contribution in [0.2, 0.25) is 0 Å². The average Bonchev–Trinajstić information content (AvgIpc) is 3.12. The molecule has 1 unspecified atom stereocenters. The van der Waals surface area contributed by atoms with E-state index in [1.807, 2.05) is 6.07 Å². The van der Waals surface area contributed by atoms with Gasteiger partial charge in [0.1, 0.15) is 18.1 Å². The van der Waals surface area contributed by atoms with E-state index in [2.05, 4.69) is 21.9 Å². The van der Waals surface area contributed by atoms with Gasteiger partial charge in [0, 0.05) is 0 Å². The van der Waals surface area contributed by atoms with Crippen LogP contribution >= 0.6 is 0 Å². The summed E-state index contributed by atoms with van der Waals surface area (Å²) in [6, 6.07) is 3.59. The zero-order valence-electron chi connectivity index (χ0n) is 13.8. The number of piperidine rings is 1. The molecule has 0 aliphatic carbocycles. The highest BCUT2D eigenvalue weighted by atomic mass is 19.4. The third-order valence-electron chi connectivity index (χ3n) is 4.30. The molecule has 24 heavy (non-hydrogen) atoms. The molecule has 8 heteroatoms. The molecule has 0 bridgehead atoms. The Bertz CT molecular complexity index is 686. The van der Waals surface area contributed by atoms with Gasteiger partial charge < -0.3 is 4.42 Å². The van der Waals surface area contributed by atoms with Crippen molar-refractivity contribution < 1.29 is 17.6 Å². The zero-order valence-corrected chi connectivity index (χ0v) is 13.8. The predicted octanol–water partition coefficient (Wildman–Crippen LogP) is 3.96. The van der Waals surface area contributed by atoms with Gasteiger partial charge in [0.2, 0.25) is 0 Å². The molecule has 0 amide bonds. The van der Waals surface area contributed by atoms with E-state index in [4.69, 9.17) is 4.42 Å². The number of alkyl halides is 3. The van der Waals surface area contributed by atoms with Crippen LogP contribution in [0, 0.1) is 6.92 Å². The first-order valence-electron chi connectivity index (χ1n) is 8.16. The highest BCUT2D eigenvalue weighted by Crippen LogP contribution is 2.30. The van der Waals surface area contributed by atoms with Crippen LogP contribution in [0.1, 0.15) is 43.8 Å². The van der Waals surface area contributed by atoms with Gasteiger partial charge >= 0.3 is 6.18 Å². The Labute approximate surface area is 138 Å². The van der Waals surface area contributed by atoms with Crippen LogP contribution in [0.5, 0.6) is 0 Å². The minimum Gasteiger partial charge on any atom is -0.456 e. The Morgan fingerprint density at radius 2 is 1.92 bits per heavy atom. The van der Waals surface area contributed by atoms with Gasteiger partial charge in [0.25, 0.3) is 0 Å². The maximum atomic E-state index is 12.7. The summed E-state index contributed by atoms with van der Waals surface area (Å²) < 4.78 is 44.8. The Balaban J connectivity index is 1.83. The maximum absolute atomic E-state index is 12.7. The van der Waals surface area contributed by atoms with Crippen LogP contribution in [0.3, 0.4) is 0 Å². The fourth-order valence-electron chi connectivity index (χ4n) is 3.10. The van der Waals surface area contributed by atoms with Crippen LogP contribution in [-0.2, 0) is 6.54 Å². The molecule has 1 atom stereocenters. The van der Waals surface area contributed by atoms with Gasteiger partial charge in [-0.25, -0.2) is 9.67 Å². The van der Waals surface area contributed by atoms with Crippen molar-refractivity contribution in [3.63, 3.8) is 0 Å². The molecular weight excluding hydrogens is 321 g/mol. The normalized spacial score (nSPS) is 18.0. The second-order valence-corrected chi connectivity index (χ2v) is 6.23. The number of furan rings is 1. The van der Waals surface area contributed by atoms with Gasteiger partial charge in [-0.3, -0.25) is 4.90 Å². The highest BCUT2D eigenvalue weighted by Gasteiger charge is 2.31. The first-order chi connectivity index (χ1) is 11.3. The molecule has 5 nitrogen and oxygen atoms in total. The van der Waals surface area contributed by atoms with Crippen molar-refractivity contribution in [1.82, 2.24) is 19.7 Å². The number of halogens is 3. The lowest BCUT2D eigenvalue weighted by molar-refractivity contribution is -0.142. The minimum absolute atomic E-state index is 0.0964. The topological polar surface area (TPSA) is 47.1 Å². The van der Waals surface area contributed by atoms with Crippen molar-refractivity contribution in [3.05, 3.63) is 23.7 Å². The summed E-state index contributed by atoms with van der Waals surface area (Å²) in [6.07, 6.45) is -0.786. The zero-order chi connectivity index (χ0) is 17.3. The first kappa shape index (κ1) is 17.0. The molecule has 0 spiro atoms. The van der Waals surface area contributed by atoms with E-state index in [1.165, 1.54) is 6.42 Å². The summed E-state index contributed by atoms with van der Waals surface area (Å²) in [5.41, 5.74) is 0. The maximum Gasteiger partial charge on any atom is 0.408 e. The largest absolute Gasteiger partial charge is 0.456 e. The number of aromatic nitrogens is 3. The fourth-order valence-corrected chi connectivity index (χ4v) is 3.10. The van der Waals surface area contributed by atoms with Crippen LogP contribution in [-0.4, -0.2) is 38.9 Å². The number of rotatable bonds is 4. The fraction of sp³-hybridized carbons (Fsp3) is 0.625. The Morgan fingerprint density at radius 1 is 1.21 bits per heavy atom. The summed E-state index contributed by atoms with van der Waals surface area (Å²) >= 11 is 0. The Hall–Kier alpha value is -1.83.